The van der Waals surface area contributed by atoms with E-state index in [-0.39, 0.29) is 17.5 Å². The van der Waals surface area contributed by atoms with Gasteiger partial charge in [0.25, 0.3) is 5.91 Å². The number of aromatic hydroxyl groups is 1. The molecule has 0 unspecified atom stereocenters. The van der Waals surface area contributed by atoms with E-state index in [0.29, 0.717) is 34.6 Å². The molecule has 0 bridgehead atoms. The Labute approximate surface area is 156 Å². The molecule has 4 rings (SSSR count). The van der Waals surface area contributed by atoms with Crippen molar-refractivity contribution in [1.82, 2.24) is 15.1 Å². The SMILES string of the molecule is CCCCN1C(=O)c2[nH]nc(-c3ccccc3O)c2[C@@H]1c1ccccc1F. The van der Waals surface area contributed by atoms with E-state index < -0.39 is 6.04 Å². The number of aromatic amines is 1. The smallest absolute Gasteiger partial charge is 0.273 e. The number of H-pyrrole nitrogens is 1. The maximum atomic E-state index is 14.7. The first-order chi connectivity index (χ1) is 13.1. The minimum Gasteiger partial charge on any atom is -0.507 e. The number of phenols is 1. The van der Waals surface area contributed by atoms with Crippen molar-refractivity contribution in [2.75, 3.05) is 6.54 Å². The van der Waals surface area contributed by atoms with E-state index in [1.54, 1.807) is 47.4 Å². The number of halogens is 1. The monoisotopic (exact) mass is 365 g/mol. The normalized spacial score (nSPS) is 16.0. The van der Waals surface area contributed by atoms with Gasteiger partial charge in [-0.1, -0.05) is 43.7 Å². The quantitative estimate of drug-likeness (QED) is 0.709. The molecule has 1 aliphatic rings. The number of carbonyl (C=O) groups excluding carboxylic acids is 1. The number of phenolic OH excluding ortho intramolecular Hbond substituents is 1. The fraction of sp³-hybridized carbons (Fsp3) is 0.238. The number of rotatable bonds is 5. The fourth-order valence-electron chi connectivity index (χ4n) is 3.66. The van der Waals surface area contributed by atoms with Crippen LogP contribution in [0.2, 0.25) is 0 Å². The average Bonchev–Trinajstić information content (AvgIpc) is 3.20. The Bertz CT molecular complexity index is 999. The van der Waals surface area contributed by atoms with Crippen LogP contribution in [0.25, 0.3) is 11.3 Å². The van der Waals surface area contributed by atoms with Crippen LogP contribution in [-0.2, 0) is 0 Å². The first-order valence-corrected chi connectivity index (χ1v) is 9.05. The third-order valence-electron chi connectivity index (χ3n) is 4.98. The summed E-state index contributed by atoms with van der Waals surface area (Å²) in [5.41, 5.74) is 2.39. The van der Waals surface area contributed by atoms with Gasteiger partial charge in [0.15, 0.2) is 0 Å². The van der Waals surface area contributed by atoms with Crippen LogP contribution in [-0.4, -0.2) is 32.7 Å². The lowest BCUT2D eigenvalue weighted by atomic mass is 9.95. The highest BCUT2D eigenvalue weighted by molar-refractivity contribution is 6.00. The van der Waals surface area contributed by atoms with Crippen molar-refractivity contribution in [3.63, 3.8) is 0 Å². The number of amides is 1. The number of nitrogens with one attached hydrogen (secondary N) is 1. The zero-order valence-corrected chi connectivity index (χ0v) is 14.9. The van der Waals surface area contributed by atoms with E-state index in [0.717, 1.165) is 12.8 Å². The summed E-state index contributed by atoms with van der Waals surface area (Å²) < 4.78 is 14.7. The third kappa shape index (κ3) is 2.77. The van der Waals surface area contributed by atoms with Gasteiger partial charge in [-0.2, -0.15) is 5.10 Å². The number of fused-ring (bicyclic) bond motifs is 1. The molecule has 0 saturated heterocycles. The van der Waals surface area contributed by atoms with E-state index in [1.165, 1.54) is 6.07 Å². The van der Waals surface area contributed by atoms with Gasteiger partial charge in [-0.25, -0.2) is 4.39 Å². The lowest BCUT2D eigenvalue weighted by molar-refractivity contribution is 0.0739. The predicted octanol–water partition coefficient (Wildman–Crippen LogP) is 4.27. The third-order valence-corrected chi connectivity index (χ3v) is 4.98. The number of hydrogen-bond donors (Lipinski definition) is 2. The molecule has 1 atom stereocenters. The Kier molecular flexibility index (Phi) is 4.39. The summed E-state index contributed by atoms with van der Waals surface area (Å²) >= 11 is 0. The number of aromatic nitrogens is 2. The number of hydrogen-bond acceptors (Lipinski definition) is 3. The first-order valence-electron chi connectivity index (χ1n) is 9.05. The molecule has 5 nitrogen and oxygen atoms in total. The zero-order chi connectivity index (χ0) is 19.0. The summed E-state index contributed by atoms with van der Waals surface area (Å²) in [6, 6.07) is 12.7. The van der Waals surface area contributed by atoms with Gasteiger partial charge in [0.2, 0.25) is 0 Å². The van der Waals surface area contributed by atoms with E-state index >= 15 is 0 Å². The number of nitrogens with zero attached hydrogens (tertiary/aromatic N) is 2. The molecular weight excluding hydrogens is 345 g/mol. The molecule has 2 N–H and O–H groups in total. The van der Waals surface area contributed by atoms with Crippen LogP contribution in [0.3, 0.4) is 0 Å². The van der Waals surface area contributed by atoms with Crippen molar-refractivity contribution < 1.29 is 14.3 Å². The highest BCUT2D eigenvalue weighted by atomic mass is 19.1. The lowest BCUT2D eigenvalue weighted by Crippen LogP contribution is -2.31. The number of carbonyl (C=O) groups is 1. The van der Waals surface area contributed by atoms with Gasteiger partial charge in [-0.3, -0.25) is 9.89 Å². The van der Waals surface area contributed by atoms with Crippen molar-refractivity contribution in [3.05, 3.63) is 71.2 Å². The maximum Gasteiger partial charge on any atom is 0.273 e. The molecule has 0 fully saturated rings. The minimum absolute atomic E-state index is 0.0681. The van der Waals surface area contributed by atoms with Crippen LogP contribution < -0.4 is 0 Å². The summed E-state index contributed by atoms with van der Waals surface area (Å²) in [6.07, 6.45) is 1.74. The molecule has 1 amide bonds. The Morgan fingerprint density at radius 2 is 1.93 bits per heavy atom. The van der Waals surface area contributed by atoms with Gasteiger partial charge in [-0.15, -0.1) is 0 Å². The topological polar surface area (TPSA) is 69.2 Å². The summed E-state index contributed by atoms with van der Waals surface area (Å²) in [5, 5.41) is 17.4. The molecule has 0 radical (unpaired) electrons. The molecule has 2 heterocycles. The molecule has 1 aromatic heterocycles. The minimum atomic E-state index is -0.575. The largest absolute Gasteiger partial charge is 0.507 e. The number of benzene rings is 2. The van der Waals surface area contributed by atoms with Crippen LogP contribution in [0, 0.1) is 5.82 Å². The summed E-state index contributed by atoms with van der Waals surface area (Å²) in [4.78, 5) is 14.7. The summed E-state index contributed by atoms with van der Waals surface area (Å²) in [6.45, 7) is 2.57. The maximum absolute atomic E-state index is 14.7. The van der Waals surface area contributed by atoms with E-state index in [2.05, 4.69) is 10.2 Å². The Morgan fingerprint density at radius 1 is 1.19 bits per heavy atom. The van der Waals surface area contributed by atoms with E-state index in [9.17, 15) is 14.3 Å². The molecule has 138 valence electrons. The van der Waals surface area contributed by atoms with Gasteiger partial charge < -0.3 is 10.0 Å². The average molecular weight is 365 g/mol. The van der Waals surface area contributed by atoms with Crippen LogP contribution in [0.5, 0.6) is 5.75 Å². The highest BCUT2D eigenvalue weighted by Crippen LogP contribution is 2.44. The second-order valence-corrected chi connectivity index (χ2v) is 6.65. The molecular formula is C21H20FN3O2. The van der Waals surface area contributed by atoms with Gasteiger partial charge in [0, 0.05) is 23.2 Å². The zero-order valence-electron chi connectivity index (χ0n) is 14.9. The van der Waals surface area contributed by atoms with Gasteiger partial charge in [-0.05, 0) is 24.6 Å². The molecule has 0 aliphatic carbocycles. The standard InChI is InChI=1S/C21H20FN3O2/c1-2-3-12-25-20(13-8-4-6-10-15(13)22)17-18(23-24-19(17)21(25)27)14-9-5-7-11-16(14)26/h4-11,20,26H,2-3,12H2,1H3,(H,23,24)/t20-/m0/s1. The molecule has 6 heteroatoms. The number of unbranched alkanes of at least 4 members (excludes halogenated alkanes) is 1. The van der Waals surface area contributed by atoms with Crippen LogP contribution in [0.1, 0.15) is 47.4 Å². The van der Waals surface area contributed by atoms with Crippen molar-refractivity contribution in [2.24, 2.45) is 0 Å². The summed E-state index contributed by atoms with van der Waals surface area (Å²) in [7, 11) is 0. The van der Waals surface area contributed by atoms with Crippen molar-refractivity contribution in [2.45, 2.75) is 25.8 Å². The second kappa shape index (κ2) is 6.87. The van der Waals surface area contributed by atoms with Gasteiger partial charge in [0.05, 0.1) is 6.04 Å². The van der Waals surface area contributed by atoms with Crippen molar-refractivity contribution >= 4 is 5.91 Å². The highest BCUT2D eigenvalue weighted by Gasteiger charge is 2.43. The molecule has 0 saturated carbocycles. The van der Waals surface area contributed by atoms with E-state index in [1.807, 2.05) is 6.92 Å². The Hall–Kier alpha value is -3.15. The molecule has 1 aliphatic heterocycles. The van der Waals surface area contributed by atoms with Gasteiger partial charge in [0.1, 0.15) is 23.0 Å². The molecule has 2 aromatic carbocycles. The van der Waals surface area contributed by atoms with Crippen molar-refractivity contribution in [3.8, 4) is 17.0 Å². The first kappa shape index (κ1) is 17.3. The Balaban J connectivity index is 1.91. The second-order valence-electron chi connectivity index (χ2n) is 6.65. The molecule has 0 spiro atoms. The lowest BCUT2D eigenvalue weighted by Gasteiger charge is -2.26. The van der Waals surface area contributed by atoms with Crippen LogP contribution in [0.15, 0.2) is 48.5 Å². The predicted molar refractivity (Wildman–Crippen MR) is 99.9 cm³/mol. The molecule has 27 heavy (non-hydrogen) atoms. The fourth-order valence-corrected chi connectivity index (χ4v) is 3.66. The van der Waals surface area contributed by atoms with Crippen molar-refractivity contribution in [1.29, 1.82) is 0 Å². The number of para-hydroxylation sites is 1. The Morgan fingerprint density at radius 3 is 2.67 bits per heavy atom. The molecule has 3 aromatic rings. The summed E-state index contributed by atoms with van der Waals surface area (Å²) in [5.74, 6) is -0.492. The van der Waals surface area contributed by atoms with Crippen LogP contribution >= 0.6 is 0 Å². The van der Waals surface area contributed by atoms with Gasteiger partial charge >= 0.3 is 0 Å². The van der Waals surface area contributed by atoms with E-state index in [4.69, 9.17) is 0 Å². The van der Waals surface area contributed by atoms with Crippen LogP contribution in [0.4, 0.5) is 4.39 Å².